The predicted molar refractivity (Wildman–Crippen MR) is 102 cm³/mol. The van der Waals surface area contributed by atoms with E-state index in [-0.39, 0.29) is 16.8 Å². The van der Waals surface area contributed by atoms with Crippen LogP contribution in [0.4, 0.5) is 24.7 Å². The third-order valence-corrected chi connectivity index (χ3v) is 4.59. The second-order valence-corrected chi connectivity index (χ2v) is 6.41. The first-order valence-electron chi connectivity index (χ1n) is 8.86. The highest BCUT2D eigenvalue weighted by molar-refractivity contribution is 5.90. The van der Waals surface area contributed by atoms with Gasteiger partial charge in [0.05, 0.1) is 23.0 Å². The normalized spacial score (nSPS) is 11.7. The van der Waals surface area contributed by atoms with Gasteiger partial charge in [-0.25, -0.2) is 14.8 Å². The predicted octanol–water partition coefficient (Wildman–Crippen LogP) is 4.14. The Bertz CT molecular complexity index is 1240. The van der Waals surface area contributed by atoms with Crippen LogP contribution in [0, 0.1) is 0 Å². The molecule has 0 aliphatic rings. The number of carboxylic acid groups (broad SMARTS) is 1. The first kappa shape index (κ1) is 19.4. The molecule has 0 aliphatic heterocycles. The second-order valence-electron chi connectivity index (χ2n) is 6.41. The van der Waals surface area contributed by atoms with Crippen LogP contribution >= 0.6 is 0 Å². The number of nitrogens with zero attached hydrogens (tertiary/aromatic N) is 4. The summed E-state index contributed by atoms with van der Waals surface area (Å²) in [5, 5.41) is 17.9. The molecule has 0 bridgehead atoms. The maximum atomic E-state index is 13.2. The number of aromatic carboxylic acids is 1. The van der Waals surface area contributed by atoms with Gasteiger partial charge in [0.2, 0.25) is 0 Å². The van der Waals surface area contributed by atoms with Crippen LogP contribution in [0.2, 0.25) is 0 Å². The number of benzene rings is 1. The molecular formula is C19H15F3N6O2. The van der Waals surface area contributed by atoms with Crippen LogP contribution in [0.25, 0.3) is 16.9 Å². The summed E-state index contributed by atoms with van der Waals surface area (Å²) in [5.41, 5.74) is 0.767. The Labute approximate surface area is 167 Å². The number of imidazole rings is 1. The summed E-state index contributed by atoms with van der Waals surface area (Å²) in [6.07, 6.45) is 1.31. The molecule has 11 heteroatoms. The standard InChI is InChI=1S/C19H15F3N6O2/c1-2-10-7-11(3-4-12(10)18(29)30)26-16-17-24-9-14(28(17)6-5-23-16)13-8-25-27-15(13)19(20,21)22/h3-9H,2H2,1H3,(H,23,26)(H,25,27)(H,29,30). The molecule has 0 fully saturated rings. The molecule has 0 saturated carbocycles. The van der Waals surface area contributed by atoms with Gasteiger partial charge in [-0.2, -0.15) is 18.3 Å². The molecule has 0 spiro atoms. The van der Waals surface area contributed by atoms with Crippen LogP contribution in [0.5, 0.6) is 0 Å². The Hall–Kier alpha value is -3.89. The number of halogens is 3. The van der Waals surface area contributed by atoms with Gasteiger partial charge in [-0.05, 0) is 30.2 Å². The molecule has 0 aliphatic carbocycles. The minimum absolute atomic E-state index is 0.133. The highest BCUT2D eigenvalue weighted by Gasteiger charge is 2.37. The molecular weight excluding hydrogens is 401 g/mol. The number of hydrogen-bond acceptors (Lipinski definition) is 5. The van der Waals surface area contributed by atoms with Crippen molar-refractivity contribution in [3.63, 3.8) is 0 Å². The molecule has 3 heterocycles. The molecule has 8 nitrogen and oxygen atoms in total. The summed E-state index contributed by atoms with van der Waals surface area (Å²) in [7, 11) is 0. The second kappa shape index (κ2) is 7.17. The molecule has 30 heavy (non-hydrogen) atoms. The number of nitrogens with one attached hydrogen (secondary N) is 2. The Morgan fingerprint density at radius 2 is 2.10 bits per heavy atom. The van der Waals surface area contributed by atoms with Crippen molar-refractivity contribution in [3.8, 4) is 11.3 Å². The number of carbonyl (C=O) groups is 1. The smallest absolute Gasteiger partial charge is 0.435 e. The van der Waals surface area contributed by atoms with E-state index in [4.69, 9.17) is 0 Å². The van der Waals surface area contributed by atoms with E-state index in [2.05, 4.69) is 25.5 Å². The maximum absolute atomic E-state index is 13.2. The number of hydrogen-bond donors (Lipinski definition) is 3. The fourth-order valence-electron chi connectivity index (χ4n) is 3.22. The van der Waals surface area contributed by atoms with Crippen molar-refractivity contribution in [2.45, 2.75) is 19.5 Å². The molecule has 3 N–H and O–H groups in total. The highest BCUT2D eigenvalue weighted by atomic mass is 19.4. The molecule has 0 radical (unpaired) electrons. The van der Waals surface area contributed by atoms with Gasteiger partial charge in [-0.15, -0.1) is 0 Å². The average Bonchev–Trinajstić information content (AvgIpc) is 3.34. The molecule has 0 amide bonds. The molecule has 154 valence electrons. The summed E-state index contributed by atoms with van der Waals surface area (Å²) in [4.78, 5) is 19.7. The van der Waals surface area contributed by atoms with Gasteiger partial charge in [0.15, 0.2) is 17.2 Å². The van der Waals surface area contributed by atoms with Crippen molar-refractivity contribution >= 4 is 23.1 Å². The average molecular weight is 416 g/mol. The lowest BCUT2D eigenvalue weighted by atomic mass is 10.0. The number of H-pyrrole nitrogens is 1. The molecule has 1 aromatic carbocycles. The van der Waals surface area contributed by atoms with Crippen molar-refractivity contribution in [3.05, 3.63) is 59.8 Å². The van der Waals surface area contributed by atoms with Crippen molar-refractivity contribution in [2.75, 3.05) is 5.32 Å². The van der Waals surface area contributed by atoms with E-state index >= 15 is 0 Å². The van der Waals surface area contributed by atoms with Crippen molar-refractivity contribution < 1.29 is 23.1 Å². The Morgan fingerprint density at radius 3 is 2.80 bits per heavy atom. The third kappa shape index (κ3) is 3.34. The van der Waals surface area contributed by atoms with Gasteiger partial charge in [-0.1, -0.05) is 6.92 Å². The summed E-state index contributed by atoms with van der Waals surface area (Å²) in [6.45, 7) is 1.84. The SMILES string of the molecule is CCc1cc(Nc2nccn3c(-c4c[nH]nc4C(F)(F)F)cnc23)ccc1C(=O)O. The lowest BCUT2D eigenvalue weighted by molar-refractivity contribution is -0.140. The molecule has 0 atom stereocenters. The lowest BCUT2D eigenvalue weighted by Gasteiger charge is -2.11. The molecule has 0 saturated heterocycles. The van der Waals surface area contributed by atoms with E-state index < -0.39 is 17.8 Å². The summed E-state index contributed by atoms with van der Waals surface area (Å²) in [6, 6.07) is 4.77. The monoisotopic (exact) mass is 416 g/mol. The summed E-state index contributed by atoms with van der Waals surface area (Å²) < 4.78 is 41.1. The number of carboxylic acids is 1. The number of fused-ring (bicyclic) bond motifs is 1. The fraction of sp³-hybridized carbons (Fsp3) is 0.158. The van der Waals surface area contributed by atoms with Crippen molar-refractivity contribution in [2.24, 2.45) is 0 Å². The van der Waals surface area contributed by atoms with Crippen molar-refractivity contribution in [1.82, 2.24) is 24.6 Å². The van der Waals surface area contributed by atoms with Gasteiger partial charge < -0.3 is 10.4 Å². The number of aromatic amines is 1. The van der Waals surface area contributed by atoms with Crippen LogP contribution in [0.15, 0.2) is 43.0 Å². The third-order valence-electron chi connectivity index (χ3n) is 4.59. The van der Waals surface area contributed by atoms with Gasteiger partial charge >= 0.3 is 12.1 Å². The fourth-order valence-corrected chi connectivity index (χ4v) is 3.22. The Balaban J connectivity index is 1.75. The Kier molecular flexibility index (Phi) is 4.65. The van der Waals surface area contributed by atoms with Crippen LogP contribution in [0.1, 0.15) is 28.5 Å². The van der Waals surface area contributed by atoms with Crippen molar-refractivity contribution in [1.29, 1.82) is 0 Å². The topological polar surface area (TPSA) is 108 Å². The quantitative estimate of drug-likeness (QED) is 0.451. The minimum Gasteiger partial charge on any atom is -0.478 e. The zero-order chi connectivity index (χ0) is 21.5. The van der Waals surface area contributed by atoms with Crippen LogP contribution < -0.4 is 5.32 Å². The zero-order valence-corrected chi connectivity index (χ0v) is 15.5. The largest absolute Gasteiger partial charge is 0.478 e. The molecule has 3 aromatic heterocycles. The number of anilines is 2. The van der Waals surface area contributed by atoms with E-state index in [9.17, 15) is 23.1 Å². The van der Waals surface area contributed by atoms with Gasteiger partial charge in [-0.3, -0.25) is 9.50 Å². The molecule has 4 aromatic rings. The lowest BCUT2D eigenvalue weighted by Crippen LogP contribution is -2.08. The minimum atomic E-state index is -4.62. The number of aromatic nitrogens is 5. The molecule has 0 unspecified atom stereocenters. The summed E-state index contributed by atoms with van der Waals surface area (Å²) >= 11 is 0. The van der Waals surface area contributed by atoms with E-state index in [1.807, 2.05) is 6.92 Å². The van der Waals surface area contributed by atoms with E-state index in [0.29, 0.717) is 29.1 Å². The van der Waals surface area contributed by atoms with Gasteiger partial charge in [0, 0.05) is 24.3 Å². The number of alkyl halides is 3. The van der Waals surface area contributed by atoms with Crippen LogP contribution in [-0.2, 0) is 12.6 Å². The summed E-state index contributed by atoms with van der Waals surface area (Å²) in [5.74, 6) is -0.706. The maximum Gasteiger partial charge on any atom is 0.435 e. The zero-order valence-electron chi connectivity index (χ0n) is 15.5. The van der Waals surface area contributed by atoms with Crippen LogP contribution in [0.3, 0.4) is 0 Å². The first-order chi connectivity index (χ1) is 14.3. The first-order valence-corrected chi connectivity index (χ1v) is 8.86. The van der Waals surface area contributed by atoms with E-state index in [1.54, 1.807) is 12.1 Å². The van der Waals surface area contributed by atoms with Crippen LogP contribution in [-0.4, -0.2) is 35.6 Å². The van der Waals surface area contributed by atoms with E-state index in [1.165, 1.54) is 29.1 Å². The van der Waals surface area contributed by atoms with Gasteiger partial charge in [0.1, 0.15) is 0 Å². The number of rotatable bonds is 5. The highest BCUT2D eigenvalue weighted by Crippen LogP contribution is 2.36. The Morgan fingerprint density at radius 1 is 1.30 bits per heavy atom. The van der Waals surface area contributed by atoms with E-state index in [0.717, 1.165) is 6.20 Å². The van der Waals surface area contributed by atoms with Gasteiger partial charge in [0.25, 0.3) is 0 Å². The number of aryl methyl sites for hydroxylation is 1. The molecule has 4 rings (SSSR count).